The molecule has 0 aromatic carbocycles. The number of carbonyl (C=O) groups is 4. The first kappa shape index (κ1) is 24.3. The predicted octanol–water partition coefficient (Wildman–Crippen LogP) is 2.08. The molecule has 3 rings (SSSR count). The van der Waals surface area contributed by atoms with E-state index < -0.39 is 5.97 Å². The van der Waals surface area contributed by atoms with Gasteiger partial charge < -0.3 is 19.8 Å². The lowest BCUT2D eigenvalue weighted by atomic mass is 9.80. The highest BCUT2D eigenvalue weighted by molar-refractivity contribution is 6.12. The summed E-state index contributed by atoms with van der Waals surface area (Å²) in [6.07, 6.45) is 8.40. The number of hydrogen-bond acceptors (Lipinski definition) is 8. The summed E-state index contributed by atoms with van der Waals surface area (Å²) in [5.41, 5.74) is 0. The van der Waals surface area contributed by atoms with E-state index in [1.165, 1.54) is 29.2 Å². The lowest BCUT2D eigenvalue weighted by Crippen LogP contribution is -2.36. The van der Waals surface area contributed by atoms with E-state index in [4.69, 9.17) is 9.57 Å². The summed E-state index contributed by atoms with van der Waals surface area (Å²) in [6, 6.07) is 2.42. The van der Waals surface area contributed by atoms with Crippen LogP contribution < -0.4 is 4.84 Å². The van der Waals surface area contributed by atoms with Crippen molar-refractivity contribution in [3.63, 3.8) is 0 Å². The number of hydrogen-bond donors (Lipinski definition) is 2. The number of rotatable bonds is 11. The van der Waals surface area contributed by atoms with Gasteiger partial charge in [0.1, 0.15) is 0 Å². The third kappa shape index (κ3) is 7.10. The fourth-order valence-corrected chi connectivity index (χ4v) is 4.16. The zero-order valence-electron chi connectivity index (χ0n) is 18.5. The van der Waals surface area contributed by atoms with E-state index in [-0.39, 0.29) is 54.4 Å². The second-order valence-corrected chi connectivity index (χ2v) is 8.55. The molecular formula is C23H30N2O8. The summed E-state index contributed by atoms with van der Waals surface area (Å²) in [5.74, 6) is -1.50. The Morgan fingerprint density at radius 2 is 1.48 bits per heavy atom. The van der Waals surface area contributed by atoms with Crippen molar-refractivity contribution in [2.24, 2.45) is 11.8 Å². The van der Waals surface area contributed by atoms with Gasteiger partial charge in [0.25, 0.3) is 11.8 Å². The number of carbonyl (C=O) groups excluding carboxylic acids is 4. The van der Waals surface area contributed by atoms with Gasteiger partial charge in [-0.3, -0.25) is 19.3 Å². The number of aromatic nitrogens is 1. The van der Waals surface area contributed by atoms with Crippen LogP contribution in [-0.4, -0.2) is 56.7 Å². The first-order valence-electron chi connectivity index (χ1n) is 11.3. The Kier molecular flexibility index (Phi) is 8.51. The van der Waals surface area contributed by atoms with Gasteiger partial charge in [-0.1, -0.05) is 0 Å². The molecule has 1 aliphatic carbocycles. The molecule has 1 aromatic heterocycles. The summed E-state index contributed by atoms with van der Waals surface area (Å²) >= 11 is 0. The van der Waals surface area contributed by atoms with Gasteiger partial charge in [-0.05, 0) is 56.8 Å². The Labute approximate surface area is 191 Å². The molecule has 0 unspecified atom stereocenters. The van der Waals surface area contributed by atoms with Crippen LogP contribution in [0, 0.1) is 11.8 Å². The summed E-state index contributed by atoms with van der Waals surface area (Å²) in [4.78, 5) is 53.3. The Morgan fingerprint density at radius 3 is 2.12 bits per heavy atom. The maximum absolute atomic E-state index is 12.1. The van der Waals surface area contributed by atoms with Gasteiger partial charge in [0.2, 0.25) is 11.8 Å². The largest absolute Gasteiger partial charge is 0.492 e. The van der Waals surface area contributed by atoms with E-state index in [0.717, 1.165) is 25.7 Å². The quantitative estimate of drug-likeness (QED) is 0.290. The Balaban J connectivity index is 1.21. The van der Waals surface area contributed by atoms with Crippen molar-refractivity contribution in [1.29, 1.82) is 0 Å². The van der Waals surface area contributed by atoms with Crippen molar-refractivity contribution in [2.45, 2.75) is 57.8 Å². The molecule has 33 heavy (non-hydrogen) atoms. The molecule has 0 atom stereocenters. The molecule has 2 heterocycles. The fourth-order valence-electron chi connectivity index (χ4n) is 4.16. The van der Waals surface area contributed by atoms with Gasteiger partial charge in [0.15, 0.2) is 0 Å². The van der Waals surface area contributed by atoms with Crippen LogP contribution in [0.1, 0.15) is 57.8 Å². The standard InChI is InChI=1S/C23H30N2O8/c26-18-9-10-19(27)24(18)15-17-7-5-16(6-8-17)14-23(31)32-13-3-1-2-4-22(30)33-25-20(28)11-12-21(25)29/h9-12,16-17,28-29H,1-8,13-15H2. The summed E-state index contributed by atoms with van der Waals surface area (Å²) in [7, 11) is 0. The number of nitrogens with zero attached hydrogens (tertiary/aromatic N) is 2. The minimum absolute atomic E-state index is 0.110. The molecule has 0 radical (unpaired) electrons. The molecular weight excluding hydrogens is 432 g/mol. The first-order chi connectivity index (χ1) is 15.8. The van der Waals surface area contributed by atoms with Crippen LogP contribution in [-0.2, 0) is 23.9 Å². The molecule has 1 aromatic rings. The number of aromatic hydroxyl groups is 2. The second kappa shape index (κ2) is 11.5. The van der Waals surface area contributed by atoms with Gasteiger partial charge in [-0.2, -0.15) is 0 Å². The van der Waals surface area contributed by atoms with E-state index in [2.05, 4.69) is 0 Å². The molecule has 2 amide bonds. The highest BCUT2D eigenvalue weighted by Crippen LogP contribution is 2.32. The van der Waals surface area contributed by atoms with Crippen molar-refractivity contribution in [3.05, 3.63) is 24.3 Å². The van der Waals surface area contributed by atoms with Gasteiger partial charge in [0.05, 0.1) is 6.61 Å². The van der Waals surface area contributed by atoms with E-state index in [1.54, 1.807) is 0 Å². The van der Waals surface area contributed by atoms with Gasteiger partial charge in [0, 0.05) is 43.7 Å². The zero-order valence-corrected chi connectivity index (χ0v) is 18.5. The maximum Gasteiger partial charge on any atom is 0.333 e. The highest BCUT2D eigenvalue weighted by Gasteiger charge is 2.29. The second-order valence-electron chi connectivity index (χ2n) is 8.55. The molecule has 10 nitrogen and oxygen atoms in total. The average Bonchev–Trinajstić information content (AvgIpc) is 3.27. The normalized spacial score (nSPS) is 20.3. The molecule has 10 heteroatoms. The van der Waals surface area contributed by atoms with Crippen molar-refractivity contribution in [1.82, 2.24) is 9.63 Å². The first-order valence-corrected chi connectivity index (χ1v) is 11.3. The van der Waals surface area contributed by atoms with Crippen molar-refractivity contribution in [2.75, 3.05) is 13.2 Å². The maximum atomic E-state index is 12.1. The van der Waals surface area contributed by atoms with Gasteiger partial charge in [-0.15, -0.1) is 4.73 Å². The summed E-state index contributed by atoms with van der Waals surface area (Å²) in [6.45, 7) is 0.734. The van der Waals surface area contributed by atoms with Crippen LogP contribution in [0.2, 0.25) is 0 Å². The SMILES string of the molecule is O=C(CC1CCC(CN2C(=O)C=CC2=O)CC1)OCCCCCC(=O)On1c(O)ccc1O. The number of esters is 1. The smallest absolute Gasteiger partial charge is 0.333 e. The molecule has 2 N–H and O–H groups in total. The van der Waals surface area contributed by atoms with E-state index in [9.17, 15) is 29.4 Å². The minimum atomic E-state index is -0.584. The fraction of sp³-hybridized carbons (Fsp3) is 0.565. The summed E-state index contributed by atoms with van der Waals surface area (Å²) < 4.78 is 5.95. The summed E-state index contributed by atoms with van der Waals surface area (Å²) in [5, 5.41) is 18.9. The van der Waals surface area contributed by atoms with Crippen LogP contribution in [0.3, 0.4) is 0 Å². The molecule has 0 bridgehead atoms. The van der Waals surface area contributed by atoms with Crippen LogP contribution in [0.4, 0.5) is 0 Å². The third-order valence-electron chi connectivity index (χ3n) is 6.04. The van der Waals surface area contributed by atoms with Crippen LogP contribution in [0.5, 0.6) is 11.8 Å². The molecule has 0 spiro atoms. The Morgan fingerprint density at radius 1 is 0.879 bits per heavy atom. The number of imide groups is 1. The lowest BCUT2D eigenvalue weighted by molar-refractivity contribution is -0.147. The third-order valence-corrected chi connectivity index (χ3v) is 6.04. The lowest BCUT2D eigenvalue weighted by Gasteiger charge is -2.30. The van der Waals surface area contributed by atoms with E-state index >= 15 is 0 Å². The average molecular weight is 462 g/mol. The van der Waals surface area contributed by atoms with Gasteiger partial charge in [-0.25, -0.2) is 4.79 Å². The molecule has 1 aliphatic heterocycles. The number of ether oxygens (including phenoxy) is 1. The molecule has 180 valence electrons. The van der Waals surface area contributed by atoms with Crippen molar-refractivity contribution < 1.29 is 39.0 Å². The minimum Gasteiger partial charge on any atom is -0.492 e. The predicted molar refractivity (Wildman–Crippen MR) is 115 cm³/mol. The topological polar surface area (TPSA) is 135 Å². The van der Waals surface area contributed by atoms with Gasteiger partial charge >= 0.3 is 11.9 Å². The molecule has 2 aliphatic rings. The highest BCUT2D eigenvalue weighted by atomic mass is 16.7. The van der Waals surface area contributed by atoms with E-state index in [1.807, 2.05) is 0 Å². The number of unbranched alkanes of at least 4 members (excludes halogenated alkanes) is 2. The van der Waals surface area contributed by atoms with Crippen molar-refractivity contribution >= 4 is 23.8 Å². The van der Waals surface area contributed by atoms with E-state index in [0.29, 0.717) is 37.0 Å². The Hall–Kier alpha value is -3.30. The van der Waals surface area contributed by atoms with Crippen LogP contribution in [0.15, 0.2) is 24.3 Å². The molecule has 1 fully saturated rings. The van der Waals surface area contributed by atoms with Crippen LogP contribution >= 0.6 is 0 Å². The van der Waals surface area contributed by atoms with Crippen molar-refractivity contribution in [3.8, 4) is 11.8 Å². The van der Waals surface area contributed by atoms with Crippen LogP contribution in [0.25, 0.3) is 0 Å². The zero-order chi connectivity index (χ0) is 23.8. The molecule has 0 saturated heterocycles. The molecule has 1 saturated carbocycles. The monoisotopic (exact) mass is 462 g/mol. The number of amides is 2. The Bertz CT molecular complexity index is 861.